The van der Waals surface area contributed by atoms with Gasteiger partial charge in [-0.15, -0.1) is 0 Å². The van der Waals surface area contributed by atoms with Crippen LogP contribution in [0.2, 0.25) is 0 Å². The van der Waals surface area contributed by atoms with Gasteiger partial charge >= 0.3 is 12.0 Å². The van der Waals surface area contributed by atoms with Crippen LogP contribution in [0.4, 0.5) is 4.79 Å². The Morgan fingerprint density at radius 2 is 1.89 bits per heavy atom. The van der Waals surface area contributed by atoms with Crippen molar-refractivity contribution in [2.75, 3.05) is 0 Å². The molecule has 2 N–H and O–H groups in total. The molecule has 1 aliphatic heterocycles. The van der Waals surface area contributed by atoms with Gasteiger partial charge in [-0.05, 0) is 18.3 Å². The van der Waals surface area contributed by atoms with E-state index in [4.69, 9.17) is 5.11 Å². The lowest BCUT2D eigenvalue weighted by Crippen LogP contribution is -2.48. The molecule has 3 amide bonds. The maximum absolute atomic E-state index is 12.1. The molecule has 1 aliphatic rings. The molecule has 102 valence electrons. The van der Waals surface area contributed by atoms with Gasteiger partial charge in [0.05, 0.1) is 0 Å². The van der Waals surface area contributed by atoms with E-state index in [1.165, 1.54) is 0 Å². The van der Waals surface area contributed by atoms with Crippen molar-refractivity contribution < 1.29 is 19.5 Å². The molecule has 0 spiro atoms. The summed E-state index contributed by atoms with van der Waals surface area (Å²) in [5, 5.41) is 11.7. The summed E-state index contributed by atoms with van der Waals surface area (Å²) in [6.45, 7) is 7.24. The number of nitrogens with one attached hydrogen (secondary N) is 1. The van der Waals surface area contributed by atoms with Gasteiger partial charge in [-0.1, -0.05) is 27.7 Å². The fraction of sp³-hybridized carbons (Fsp3) is 0.750. The van der Waals surface area contributed by atoms with Gasteiger partial charge in [0.2, 0.25) is 0 Å². The summed E-state index contributed by atoms with van der Waals surface area (Å²) >= 11 is 0. The fourth-order valence-corrected chi connectivity index (χ4v) is 2.14. The van der Waals surface area contributed by atoms with Crippen LogP contribution in [0.1, 0.15) is 34.1 Å². The highest BCUT2D eigenvalue weighted by Gasteiger charge is 2.45. The summed E-state index contributed by atoms with van der Waals surface area (Å²) in [6.07, 6.45) is 0.519. The lowest BCUT2D eigenvalue weighted by Gasteiger charge is -2.24. The first-order valence-corrected chi connectivity index (χ1v) is 6.12. The van der Waals surface area contributed by atoms with Crippen LogP contribution in [0.3, 0.4) is 0 Å². The number of carboxylic acids is 1. The Labute approximate surface area is 106 Å². The number of amides is 3. The minimum Gasteiger partial charge on any atom is -0.480 e. The van der Waals surface area contributed by atoms with Crippen molar-refractivity contribution in [2.24, 2.45) is 11.8 Å². The average molecular weight is 256 g/mol. The maximum Gasteiger partial charge on any atom is 0.327 e. The van der Waals surface area contributed by atoms with E-state index in [1.54, 1.807) is 13.8 Å². The van der Waals surface area contributed by atoms with Gasteiger partial charge in [0.25, 0.3) is 5.91 Å². The van der Waals surface area contributed by atoms with Crippen LogP contribution in [0.25, 0.3) is 0 Å². The quantitative estimate of drug-likeness (QED) is 0.720. The number of carbonyl (C=O) groups excluding carboxylic acids is 2. The predicted molar refractivity (Wildman–Crippen MR) is 64.9 cm³/mol. The smallest absolute Gasteiger partial charge is 0.327 e. The second-order valence-corrected chi connectivity index (χ2v) is 5.37. The van der Waals surface area contributed by atoms with Crippen LogP contribution in [-0.4, -0.2) is 40.0 Å². The van der Waals surface area contributed by atoms with Gasteiger partial charge in [-0.25, -0.2) is 14.5 Å². The van der Waals surface area contributed by atoms with E-state index >= 15 is 0 Å². The average Bonchev–Trinajstić information content (AvgIpc) is 2.44. The number of aliphatic carboxylic acids is 1. The molecule has 0 aromatic carbocycles. The third kappa shape index (κ3) is 2.80. The van der Waals surface area contributed by atoms with Crippen LogP contribution >= 0.6 is 0 Å². The Kier molecular flexibility index (Phi) is 4.32. The van der Waals surface area contributed by atoms with Gasteiger partial charge < -0.3 is 10.4 Å². The molecule has 2 unspecified atom stereocenters. The van der Waals surface area contributed by atoms with Crippen molar-refractivity contribution in [3.8, 4) is 0 Å². The molecule has 1 rings (SSSR count). The highest BCUT2D eigenvalue weighted by molar-refractivity contribution is 6.06. The number of hydrogen-bond acceptors (Lipinski definition) is 3. The number of rotatable bonds is 5. The summed E-state index contributed by atoms with van der Waals surface area (Å²) in [5.74, 6) is -1.66. The van der Waals surface area contributed by atoms with Crippen LogP contribution in [-0.2, 0) is 9.59 Å². The largest absolute Gasteiger partial charge is 0.480 e. The molecular formula is C12H20N2O4. The number of imide groups is 1. The van der Waals surface area contributed by atoms with Crippen LogP contribution < -0.4 is 5.32 Å². The lowest BCUT2D eigenvalue weighted by atomic mass is 10.0. The minimum absolute atomic E-state index is 0.251. The molecule has 18 heavy (non-hydrogen) atoms. The van der Waals surface area contributed by atoms with Gasteiger partial charge in [0, 0.05) is 0 Å². The molecular weight excluding hydrogens is 236 g/mol. The van der Waals surface area contributed by atoms with E-state index in [9.17, 15) is 14.4 Å². The normalized spacial score (nSPS) is 21.7. The summed E-state index contributed by atoms with van der Waals surface area (Å²) < 4.78 is 0. The Bertz CT molecular complexity index is 365. The van der Waals surface area contributed by atoms with Gasteiger partial charge in [-0.2, -0.15) is 0 Å². The third-order valence-electron chi connectivity index (χ3n) is 2.92. The SMILES string of the molecule is CC(C)CC1NC(=O)N(C(C(=O)O)C(C)C)C1=O. The minimum atomic E-state index is -1.15. The Morgan fingerprint density at radius 1 is 1.33 bits per heavy atom. The molecule has 1 fully saturated rings. The zero-order valence-corrected chi connectivity index (χ0v) is 11.1. The van der Waals surface area contributed by atoms with E-state index in [0.29, 0.717) is 6.42 Å². The first-order chi connectivity index (χ1) is 8.25. The Morgan fingerprint density at radius 3 is 2.28 bits per heavy atom. The summed E-state index contributed by atoms with van der Waals surface area (Å²) in [5.41, 5.74) is 0. The Balaban J connectivity index is 2.92. The highest BCUT2D eigenvalue weighted by Crippen LogP contribution is 2.20. The van der Waals surface area contributed by atoms with Gasteiger partial charge in [0.15, 0.2) is 0 Å². The van der Waals surface area contributed by atoms with Crippen molar-refractivity contribution in [3.05, 3.63) is 0 Å². The highest BCUT2D eigenvalue weighted by atomic mass is 16.4. The third-order valence-corrected chi connectivity index (χ3v) is 2.92. The molecule has 0 bridgehead atoms. The van der Waals surface area contributed by atoms with Crippen LogP contribution in [0, 0.1) is 11.8 Å². The number of carboxylic acid groups (broad SMARTS) is 1. The predicted octanol–water partition coefficient (Wildman–Crippen LogP) is 1.06. The van der Waals surface area contributed by atoms with Crippen LogP contribution in [0.5, 0.6) is 0 Å². The van der Waals surface area contributed by atoms with E-state index in [-0.39, 0.29) is 11.8 Å². The monoisotopic (exact) mass is 256 g/mol. The van der Waals surface area contributed by atoms with Crippen molar-refractivity contribution in [3.63, 3.8) is 0 Å². The molecule has 0 radical (unpaired) electrons. The molecule has 6 heteroatoms. The zero-order chi connectivity index (χ0) is 14.0. The molecule has 1 saturated heterocycles. The topological polar surface area (TPSA) is 86.7 Å². The molecule has 0 saturated carbocycles. The number of hydrogen-bond donors (Lipinski definition) is 2. The lowest BCUT2D eigenvalue weighted by molar-refractivity contribution is -0.148. The fourth-order valence-electron chi connectivity index (χ4n) is 2.14. The standard InChI is InChI=1S/C12H20N2O4/c1-6(2)5-8-10(15)14(12(18)13-8)9(7(3)4)11(16)17/h6-9H,5H2,1-4H3,(H,13,18)(H,16,17). The van der Waals surface area contributed by atoms with E-state index < -0.39 is 30.0 Å². The van der Waals surface area contributed by atoms with E-state index in [0.717, 1.165) is 4.90 Å². The van der Waals surface area contributed by atoms with Crippen LogP contribution in [0.15, 0.2) is 0 Å². The summed E-state index contributed by atoms with van der Waals surface area (Å²) in [6, 6.07) is -2.31. The molecule has 2 atom stereocenters. The molecule has 0 aliphatic carbocycles. The summed E-state index contributed by atoms with van der Waals surface area (Å²) in [7, 11) is 0. The van der Waals surface area contributed by atoms with Crippen molar-refractivity contribution in [1.82, 2.24) is 10.2 Å². The number of nitrogens with zero attached hydrogens (tertiary/aromatic N) is 1. The molecule has 0 aromatic heterocycles. The first-order valence-electron chi connectivity index (χ1n) is 6.12. The zero-order valence-electron chi connectivity index (χ0n) is 11.1. The van der Waals surface area contributed by atoms with E-state index in [1.807, 2.05) is 13.8 Å². The van der Waals surface area contributed by atoms with E-state index in [2.05, 4.69) is 5.32 Å². The second kappa shape index (κ2) is 5.37. The molecule has 0 aromatic rings. The maximum atomic E-state index is 12.1. The van der Waals surface area contributed by atoms with Gasteiger partial charge in [0.1, 0.15) is 12.1 Å². The first kappa shape index (κ1) is 14.5. The van der Waals surface area contributed by atoms with Gasteiger partial charge in [-0.3, -0.25) is 4.79 Å². The van der Waals surface area contributed by atoms with Crippen molar-refractivity contribution in [1.29, 1.82) is 0 Å². The Hall–Kier alpha value is -1.59. The van der Waals surface area contributed by atoms with Crippen molar-refractivity contribution in [2.45, 2.75) is 46.2 Å². The number of carbonyl (C=O) groups is 3. The molecule has 6 nitrogen and oxygen atoms in total. The van der Waals surface area contributed by atoms with Crippen molar-refractivity contribution >= 4 is 17.9 Å². The molecule has 1 heterocycles. The second-order valence-electron chi connectivity index (χ2n) is 5.37. The number of urea groups is 1. The summed E-state index contributed by atoms with van der Waals surface area (Å²) in [4.78, 5) is 35.9.